The Kier molecular flexibility index (Phi) is 3.93. The van der Waals surface area contributed by atoms with Crippen LogP contribution in [0.1, 0.15) is 96.9 Å². The third-order valence-corrected chi connectivity index (χ3v) is 13.9. The molecule has 0 radical (unpaired) electrons. The molecule has 0 nitrogen and oxygen atoms in total. The molecule has 0 aliphatic heterocycles. The summed E-state index contributed by atoms with van der Waals surface area (Å²) in [5.74, 6) is 0.830. The Morgan fingerprint density at radius 2 is 0.769 bits per heavy atom. The second-order valence-electron chi connectivity index (χ2n) is 15.1. The Balaban J connectivity index is 1.72. The summed E-state index contributed by atoms with van der Waals surface area (Å²) in [7, 11) is 0. The van der Waals surface area contributed by atoms with Gasteiger partial charge in [0, 0.05) is 17.3 Å². The van der Waals surface area contributed by atoms with E-state index in [1.165, 1.54) is 11.1 Å². The largest absolute Gasteiger partial charge is 0.0550 e. The minimum Gasteiger partial charge on any atom is -0.0550 e. The lowest BCUT2D eigenvalue weighted by Crippen LogP contribution is -2.52. The third-order valence-electron chi connectivity index (χ3n) is 13.9. The van der Waals surface area contributed by atoms with E-state index in [1.807, 2.05) is 0 Å². The molecule has 0 saturated carbocycles. The molecule has 0 N–H and O–H groups in total. The minimum absolute atomic E-state index is 0.0508. The number of hydrogen-bond acceptors (Lipinski definition) is 0. The molecule has 1 unspecified atom stereocenters. The molecule has 0 aromatic rings. The highest BCUT2D eigenvalue weighted by Gasteiger charge is 2.72. The van der Waals surface area contributed by atoms with Crippen molar-refractivity contribution in [3.63, 3.8) is 0 Å². The molecule has 0 amide bonds. The van der Waals surface area contributed by atoms with Gasteiger partial charge in [-0.15, -0.1) is 0 Å². The fraction of sp³-hybridized carbons (Fsp3) is 0.487. The first-order valence-corrected chi connectivity index (χ1v) is 15.2. The van der Waals surface area contributed by atoms with Gasteiger partial charge in [-0.1, -0.05) is 27.7 Å². The zero-order valence-corrected chi connectivity index (χ0v) is 26.7. The fourth-order valence-corrected chi connectivity index (χ4v) is 11.6. The molecule has 39 heavy (non-hydrogen) atoms. The summed E-state index contributed by atoms with van der Waals surface area (Å²) in [4.78, 5) is 0. The van der Waals surface area contributed by atoms with Crippen molar-refractivity contribution >= 4 is 0 Å². The van der Waals surface area contributed by atoms with E-state index in [0.717, 1.165) is 0 Å². The van der Waals surface area contributed by atoms with Gasteiger partial charge in [0.2, 0.25) is 0 Å². The van der Waals surface area contributed by atoms with Crippen molar-refractivity contribution in [2.45, 2.75) is 96.9 Å². The Labute approximate surface area is 236 Å². The second-order valence-corrected chi connectivity index (χ2v) is 15.1. The van der Waals surface area contributed by atoms with Crippen LogP contribution in [0.3, 0.4) is 0 Å². The molecular formula is C39H44. The van der Waals surface area contributed by atoms with Crippen LogP contribution in [0, 0.1) is 28.1 Å². The highest BCUT2D eigenvalue weighted by Crippen LogP contribution is 2.82. The Hall–Kier alpha value is -2.60. The lowest BCUT2D eigenvalue weighted by molar-refractivity contribution is 0.220. The molecule has 3 atom stereocenters. The molecule has 200 valence electrons. The van der Waals surface area contributed by atoms with Crippen molar-refractivity contribution in [1.82, 2.24) is 0 Å². The van der Waals surface area contributed by atoms with E-state index in [2.05, 4.69) is 96.9 Å². The van der Waals surface area contributed by atoms with Crippen LogP contribution in [0.15, 0.2) is 111 Å². The van der Waals surface area contributed by atoms with Crippen molar-refractivity contribution in [2.75, 3.05) is 0 Å². The maximum atomic E-state index is 2.56. The van der Waals surface area contributed by atoms with Crippen molar-refractivity contribution in [3.8, 4) is 0 Å². The van der Waals surface area contributed by atoms with Gasteiger partial charge in [0.25, 0.3) is 0 Å². The van der Waals surface area contributed by atoms with Gasteiger partial charge in [-0.25, -0.2) is 0 Å². The van der Waals surface area contributed by atoms with Crippen LogP contribution in [-0.4, -0.2) is 0 Å². The van der Waals surface area contributed by atoms with E-state index < -0.39 is 0 Å². The lowest BCUT2D eigenvalue weighted by Gasteiger charge is -2.60. The first-order valence-electron chi connectivity index (χ1n) is 15.2. The van der Waals surface area contributed by atoms with E-state index in [9.17, 15) is 0 Å². The highest BCUT2D eigenvalue weighted by atomic mass is 14.7. The SMILES string of the molecule is CC1=C(C)C2=C3C1=C(C)C1=C(C)C(C)=C4C(C)=C5C6=C(C(C)=C7C(C)=C(C)C(=C2C)[C@@H]7C36[C@H]14)C(C)(C)C5(C)C. The highest BCUT2D eigenvalue weighted by molar-refractivity contribution is 5.90. The summed E-state index contributed by atoms with van der Waals surface area (Å²) in [5, 5.41) is 0. The average molecular weight is 513 g/mol. The zero-order valence-electron chi connectivity index (χ0n) is 26.7. The standard InChI is InChI=1S/C39H44/c1-15-16(2)26-22(8)28-18(4)20(6)30-24(10)32-36-31(37(11,12)38(32,13)14)23(9)29-19(5)17(3)27-21(7)25(15)33(26)39(36,34(27)29)35(28)30/h34-35H,1-14H3/t34-,35+,39?. The summed E-state index contributed by atoms with van der Waals surface area (Å²) in [6.45, 7) is 34.7. The van der Waals surface area contributed by atoms with Gasteiger partial charge >= 0.3 is 0 Å². The van der Waals surface area contributed by atoms with E-state index in [-0.39, 0.29) is 16.2 Å². The first kappa shape index (κ1) is 24.2. The van der Waals surface area contributed by atoms with Gasteiger partial charge in [0.05, 0.1) is 0 Å². The maximum absolute atomic E-state index is 2.56. The Morgan fingerprint density at radius 3 is 1.33 bits per heavy atom. The molecule has 1 spiro atoms. The summed E-state index contributed by atoms with van der Waals surface area (Å²) in [6, 6.07) is 0. The summed E-state index contributed by atoms with van der Waals surface area (Å²) in [6.07, 6.45) is 0. The van der Waals surface area contributed by atoms with Crippen LogP contribution in [0.25, 0.3) is 0 Å². The van der Waals surface area contributed by atoms with E-state index in [4.69, 9.17) is 0 Å². The van der Waals surface area contributed by atoms with Gasteiger partial charge in [-0.05, 0) is 192 Å². The van der Waals surface area contributed by atoms with Crippen LogP contribution in [0.5, 0.6) is 0 Å². The second kappa shape index (κ2) is 6.32. The van der Waals surface area contributed by atoms with E-state index in [1.54, 1.807) is 100 Å². The van der Waals surface area contributed by atoms with Gasteiger partial charge in [0.1, 0.15) is 0 Å². The van der Waals surface area contributed by atoms with E-state index in [0.29, 0.717) is 11.8 Å². The van der Waals surface area contributed by atoms with Gasteiger partial charge in [-0.2, -0.15) is 0 Å². The van der Waals surface area contributed by atoms with Crippen molar-refractivity contribution in [1.29, 1.82) is 0 Å². The van der Waals surface area contributed by atoms with Crippen molar-refractivity contribution < 1.29 is 0 Å². The van der Waals surface area contributed by atoms with Crippen molar-refractivity contribution in [3.05, 3.63) is 111 Å². The average Bonchev–Trinajstić information content (AvgIpc) is 3.44. The first-order chi connectivity index (χ1) is 18.1. The maximum Gasteiger partial charge on any atom is 0.0439 e. The summed E-state index contributed by atoms with van der Waals surface area (Å²) in [5.41, 5.74) is 32.2. The Bertz CT molecular complexity index is 1810. The molecule has 0 heterocycles. The molecule has 0 heteroatoms. The summed E-state index contributed by atoms with van der Waals surface area (Å²) >= 11 is 0. The van der Waals surface area contributed by atoms with Gasteiger partial charge in [-0.3, -0.25) is 0 Å². The smallest absolute Gasteiger partial charge is 0.0439 e. The van der Waals surface area contributed by atoms with Crippen LogP contribution in [-0.2, 0) is 0 Å². The monoisotopic (exact) mass is 512 g/mol. The topological polar surface area (TPSA) is 0 Å². The molecular weight excluding hydrogens is 468 g/mol. The normalized spacial score (nSPS) is 34.9. The predicted octanol–water partition coefficient (Wildman–Crippen LogP) is 10.5. The lowest BCUT2D eigenvalue weighted by atomic mass is 9.41. The third kappa shape index (κ3) is 1.95. The zero-order chi connectivity index (χ0) is 28.2. The van der Waals surface area contributed by atoms with E-state index >= 15 is 0 Å². The number of hydrogen-bond donors (Lipinski definition) is 0. The molecule has 8 aliphatic carbocycles. The van der Waals surface area contributed by atoms with Crippen LogP contribution < -0.4 is 0 Å². The summed E-state index contributed by atoms with van der Waals surface area (Å²) < 4.78 is 0. The minimum atomic E-state index is -0.0508. The fourth-order valence-electron chi connectivity index (χ4n) is 11.6. The molecule has 0 bridgehead atoms. The van der Waals surface area contributed by atoms with Crippen molar-refractivity contribution in [2.24, 2.45) is 28.1 Å². The number of allylic oxidation sites excluding steroid dienone is 20. The predicted molar refractivity (Wildman–Crippen MR) is 164 cm³/mol. The quantitative estimate of drug-likeness (QED) is 0.303. The molecule has 8 aliphatic rings. The molecule has 0 aromatic heterocycles. The molecule has 0 saturated heterocycles. The van der Waals surface area contributed by atoms with Crippen LogP contribution >= 0.6 is 0 Å². The Morgan fingerprint density at radius 1 is 0.333 bits per heavy atom. The van der Waals surface area contributed by atoms with Crippen LogP contribution in [0.4, 0.5) is 0 Å². The molecule has 8 rings (SSSR count). The molecule has 0 aromatic carbocycles. The van der Waals surface area contributed by atoms with Crippen LogP contribution in [0.2, 0.25) is 0 Å². The molecule has 0 fully saturated rings. The number of rotatable bonds is 0. The van der Waals surface area contributed by atoms with Gasteiger partial charge < -0.3 is 0 Å². The van der Waals surface area contributed by atoms with Gasteiger partial charge in [0.15, 0.2) is 0 Å².